The summed E-state index contributed by atoms with van der Waals surface area (Å²) in [6, 6.07) is 0. The summed E-state index contributed by atoms with van der Waals surface area (Å²) in [7, 11) is 0. The average molecular weight is 332 g/mol. The number of nitrogens with one attached hydrogen (secondary N) is 1. The standard InChI is InChI=1S/C4H7NO4.Hg/c6-3(7)1-5-2-4(8)9;/h5H,1-2H2,(H,6,7)(H,8,9);/q;+2/p-2. The van der Waals surface area contributed by atoms with Crippen LogP contribution in [0, 0.1) is 0 Å². The zero-order valence-corrected chi connectivity index (χ0v) is 10.8. The normalized spacial score (nSPS) is 8.00. The molecule has 0 spiro atoms. The van der Waals surface area contributed by atoms with Gasteiger partial charge in [0.15, 0.2) is 0 Å². The molecule has 0 aliphatic carbocycles. The first-order chi connectivity index (χ1) is 4.13. The van der Waals surface area contributed by atoms with Gasteiger partial charge < -0.3 is 25.1 Å². The second-order valence-corrected chi connectivity index (χ2v) is 1.35. The minimum absolute atomic E-state index is 0. The first kappa shape index (κ1) is 12.5. The second kappa shape index (κ2) is 6.95. The van der Waals surface area contributed by atoms with Crippen LogP contribution in [0.1, 0.15) is 0 Å². The van der Waals surface area contributed by atoms with E-state index in [-0.39, 0.29) is 27.7 Å². The van der Waals surface area contributed by atoms with Gasteiger partial charge in [0, 0.05) is 13.1 Å². The molecule has 5 nitrogen and oxygen atoms in total. The number of carbonyl (C=O) groups excluding carboxylic acids is 2. The second-order valence-electron chi connectivity index (χ2n) is 1.35. The van der Waals surface area contributed by atoms with Gasteiger partial charge in [-0.25, -0.2) is 0 Å². The van der Waals surface area contributed by atoms with Crippen LogP contribution < -0.4 is 15.5 Å². The van der Waals surface area contributed by atoms with E-state index in [4.69, 9.17) is 0 Å². The molecule has 52 valence electrons. The van der Waals surface area contributed by atoms with Crippen molar-refractivity contribution in [3.63, 3.8) is 0 Å². The van der Waals surface area contributed by atoms with Crippen LogP contribution in [0.2, 0.25) is 0 Å². The first-order valence-electron chi connectivity index (χ1n) is 2.23. The molecule has 0 unspecified atom stereocenters. The fraction of sp³-hybridized carbons (Fsp3) is 0.500. The molecule has 0 bridgehead atoms. The Bertz CT molecular complexity index is 112. The zero-order valence-electron chi connectivity index (χ0n) is 5.25. The molecule has 0 saturated carbocycles. The Hall–Kier alpha value is -0.165. The van der Waals surface area contributed by atoms with E-state index in [0.717, 1.165) is 0 Å². The number of rotatable bonds is 4. The molecule has 0 aromatic rings. The molecule has 0 aromatic heterocycles. The van der Waals surface area contributed by atoms with Gasteiger partial charge in [-0.1, -0.05) is 0 Å². The number of carboxylic acid groups (broad SMARTS) is 2. The molecule has 0 atom stereocenters. The molecule has 6 heteroatoms. The number of carbonyl (C=O) groups is 2. The van der Waals surface area contributed by atoms with Crippen molar-refractivity contribution in [1.29, 1.82) is 0 Å². The van der Waals surface area contributed by atoms with Crippen LogP contribution in [-0.4, -0.2) is 25.0 Å². The van der Waals surface area contributed by atoms with Gasteiger partial charge in [-0.05, 0) is 0 Å². The largest absolute Gasteiger partial charge is 2.00 e. The van der Waals surface area contributed by atoms with Gasteiger partial charge in [0.25, 0.3) is 0 Å². The summed E-state index contributed by atoms with van der Waals surface area (Å²) in [6.45, 7) is -0.929. The number of carboxylic acids is 2. The minimum Gasteiger partial charge on any atom is -0.549 e. The van der Waals surface area contributed by atoms with Gasteiger partial charge in [-0.2, -0.15) is 0 Å². The Morgan fingerprint density at radius 2 is 1.40 bits per heavy atom. The van der Waals surface area contributed by atoms with E-state index in [2.05, 4.69) is 5.32 Å². The predicted octanol–water partition coefficient (Wildman–Crippen LogP) is -3.93. The van der Waals surface area contributed by atoms with Crippen LogP contribution in [0.5, 0.6) is 0 Å². The molecule has 10 heavy (non-hydrogen) atoms. The molecule has 0 aromatic carbocycles. The van der Waals surface area contributed by atoms with Crippen LogP contribution in [0.15, 0.2) is 0 Å². The summed E-state index contributed by atoms with van der Waals surface area (Å²) in [5.74, 6) is -2.67. The van der Waals surface area contributed by atoms with E-state index in [9.17, 15) is 19.8 Å². The fourth-order valence-electron chi connectivity index (χ4n) is 0.267. The minimum atomic E-state index is -1.34. The monoisotopic (exact) mass is 333 g/mol. The van der Waals surface area contributed by atoms with Gasteiger partial charge in [-0.15, -0.1) is 0 Å². The van der Waals surface area contributed by atoms with Crippen LogP contribution in [0.3, 0.4) is 0 Å². The molecule has 0 amide bonds. The third-order valence-electron chi connectivity index (χ3n) is 0.539. The summed E-state index contributed by atoms with van der Waals surface area (Å²) >= 11 is 0. The summed E-state index contributed by atoms with van der Waals surface area (Å²) < 4.78 is 0. The number of hydrogen-bond donors (Lipinski definition) is 1. The van der Waals surface area contributed by atoms with Crippen molar-refractivity contribution >= 4 is 11.9 Å². The predicted molar refractivity (Wildman–Crippen MR) is 22.9 cm³/mol. The fourth-order valence-corrected chi connectivity index (χ4v) is 0.267. The Labute approximate surface area is 77.9 Å². The Morgan fingerprint density at radius 1 is 1.10 bits per heavy atom. The number of aliphatic carboxylic acids is 2. The van der Waals surface area contributed by atoms with Crippen molar-refractivity contribution in [3.8, 4) is 0 Å². The Kier molecular flexibility index (Phi) is 8.69. The third kappa shape index (κ3) is 10.8. The van der Waals surface area contributed by atoms with Crippen molar-refractivity contribution in [2.24, 2.45) is 0 Å². The maximum absolute atomic E-state index is 9.59. The average Bonchev–Trinajstić information content (AvgIpc) is 1.63. The molecule has 1 N–H and O–H groups in total. The molecule has 0 radical (unpaired) electrons. The maximum atomic E-state index is 9.59. The topological polar surface area (TPSA) is 92.3 Å². The van der Waals surface area contributed by atoms with Crippen molar-refractivity contribution < 1.29 is 47.5 Å². The van der Waals surface area contributed by atoms with Gasteiger partial charge >= 0.3 is 27.7 Å². The summed E-state index contributed by atoms with van der Waals surface area (Å²) in [4.78, 5) is 19.2. The van der Waals surface area contributed by atoms with Crippen LogP contribution in [0.25, 0.3) is 0 Å². The van der Waals surface area contributed by atoms with E-state index < -0.39 is 25.0 Å². The van der Waals surface area contributed by atoms with E-state index >= 15 is 0 Å². The SMILES string of the molecule is O=C([O-])CNCC(=O)[O-].[Hg+2]. The molecule has 0 rings (SSSR count). The van der Waals surface area contributed by atoms with E-state index in [0.29, 0.717) is 0 Å². The maximum Gasteiger partial charge on any atom is 2.00 e. The van der Waals surface area contributed by atoms with Crippen molar-refractivity contribution in [2.75, 3.05) is 13.1 Å². The zero-order chi connectivity index (χ0) is 7.28. The van der Waals surface area contributed by atoms with Gasteiger partial charge in [0.1, 0.15) is 0 Å². The van der Waals surface area contributed by atoms with Crippen molar-refractivity contribution in [3.05, 3.63) is 0 Å². The first-order valence-corrected chi connectivity index (χ1v) is 2.23. The quantitative estimate of drug-likeness (QED) is 0.531. The van der Waals surface area contributed by atoms with E-state index in [1.807, 2.05) is 0 Å². The molecular formula is C4H5HgNO4. The molecular weight excluding hydrogens is 327 g/mol. The molecule has 0 fully saturated rings. The Morgan fingerprint density at radius 3 is 1.60 bits per heavy atom. The van der Waals surface area contributed by atoms with Gasteiger partial charge in [0.2, 0.25) is 0 Å². The van der Waals surface area contributed by atoms with Crippen LogP contribution in [-0.2, 0) is 37.3 Å². The smallest absolute Gasteiger partial charge is 0.549 e. The van der Waals surface area contributed by atoms with Crippen LogP contribution in [0.4, 0.5) is 0 Å². The van der Waals surface area contributed by atoms with Crippen LogP contribution >= 0.6 is 0 Å². The van der Waals surface area contributed by atoms with Crippen molar-refractivity contribution in [1.82, 2.24) is 5.32 Å². The molecule has 0 aliphatic heterocycles. The molecule has 0 heterocycles. The van der Waals surface area contributed by atoms with Crippen molar-refractivity contribution in [2.45, 2.75) is 0 Å². The molecule has 0 saturated heterocycles. The van der Waals surface area contributed by atoms with Gasteiger partial charge in [0.05, 0.1) is 11.9 Å². The van der Waals surface area contributed by atoms with E-state index in [1.165, 1.54) is 0 Å². The third-order valence-corrected chi connectivity index (χ3v) is 0.539. The summed E-state index contributed by atoms with van der Waals surface area (Å²) in [5, 5.41) is 21.2. The number of hydrogen-bond acceptors (Lipinski definition) is 5. The Balaban J connectivity index is 0. The summed E-state index contributed by atoms with van der Waals surface area (Å²) in [5.41, 5.74) is 0. The van der Waals surface area contributed by atoms with E-state index in [1.54, 1.807) is 0 Å². The summed E-state index contributed by atoms with van der Waals surface area (Å²) in [6.07, 6.45) is 0. The van der Waals surface area contributed by atoms with Gasteiger partial charge in [-0.3, -0.25) is 0 Å². The molecule has 0 aliphatic rings.